The number of nitrogens with zero attached hydrogens (tertiary/aromatic N) is 3. The predicted molar refractivity (Wildman–Crippen MR) is 61.8 cm³/mol. The third kappa shape index (κ3) is 2.36. The van der Waals surface area contributed by atoms with E-state index in [1.165, 1.54) is 5.56 Å². The molecule has 0 radical (unpaired) electrons. The first-order chi connectivity index (χ1) is 7.79. The fourth-order valence-electron chi connectivity index (χ4n) is 1.70. The van der Waals surface area contributed by atoms with Crippen LogP contribution in [0, 0.1) is 0 Å². The summed E-state index contributed by atoms with van der Waals surface area (Å²) >= 11 is 0. The SMILES string of the molecule is CCC(Cc1ccc(N)cc1)c1nn[nH]n1. The highest BCUT2D eigenvalue weighted by atomic mass is 15.5. The van der Waals surface area contributed by atoms with E-state index in [9.17, 15) is 0 Å². The van der Waals surface area contributed by atoms with Crippen LogP contribution >= 0.6 is 0 Å². The highest BCUT2D eigenvalue weighted by molar-refractivity contribution is 5.39. The van der Waals surface area contributed by atoms with Gasteiger partial charge in [-0.1, -0.05) is 24.3 Å². The Kier molecular flexibility index (Phi) is 3.14. The van der Waals surface area contributed by atoms with E-state index in [1.54, 1.807) is 0 Å². The first kappa shape index (κ1) is 10.6. The van der Waals surface area contributed by atoms with Gasteiger partial charge in [0.1, 0.15) is 0 Å². The molecule has 2 aromatic rings. The van der Waals surface area contributed by atoms with Crippen molar-refractivity contribution >= 4 is 5.69 Å². The minimum absolute atomic E-state index is 0.308. The van der Waals surface area contributed by atoms with Crippen molar-refractivity contribution in [2.24, 2.45) is 0 Å². The lowest BCUT2D eigenvalue weighted by atomic mass is 9.96. The van der Waals surface area contributed by atoms with E-state index in [1.807, 2.05) is 24.3 Å². The highest BCUT2D eigenvalue weighted by Gasteiger charge is 2.14. The Balaban J connectivity index is 2.10. The summed E-state index contributed by atoms with van der Waals surface area (Å²) < 4.78 is 0. The maximum Gasteiger partial charge on any atom is 0.177 e. The fourth-order valence-corrected chi connectivity index (χ4v) is 1.70. The first-order valence-corrected chi connectivity index (χ1v) is 5.37. The molecule has 0 spiro atoms. The number of nitrogen functional groups attached to an aromatic ring is 1. The molecule has 1 aromatic carbocycles. The van der Waals surface area contributed by atoms with Crippen LogP contribution in [0.25, 0.3) is 0 Å². The number of nitrogens with one attached hydrogen (secondary N) is 1. The van der Waals surface area contributed by atoms with E-state index in [-0.39, 0.29) is 0 Å². The summed E-state index contributed by atoms with van der Waals surface area (Å²) in [6, 6.07) is 7.91. The summed E-state index contributed by atoms with van der Waals surface area (Å²) in [6.07, 6.45) is 1.90. The van der Waals surface area contributed by atoms with Gasteiger partial charge in [0, 0.05) is 11.6 Å². The molecule has 1 heterocycles. The van der Waals surface area contributed by atoms with Gasteiger partial charge in [0.15, 0.2) is 5.82 Å². The minimum Gasteiger partial charge on any atom is -0.399 e. The topological polar surface area (TPSA) is 80.5 Å². The summed E-state index contributed by atoms with van der Waals surface area (Å²) in [5.41, 5.74) is 7.67. The number of aromatic nitrogens is 4. The van der Waals surface area contributed by atoms with Crippen LogP contribution < -0.4 is 5.73 Å². The summed E-state index contributed by atoms with van der Waals surface area (Å²) in [5, 5.41) is 14.1. The number of hydrogen-bond acceptors (Lipinski definition) is 4. The third-order valence-electron chi connectivity index (χ3n) is 2.68. The molecule has 0 amide bonds. The van der Waals surface area contributed by atoms with Gasteiger partial charge in [0.05, 0.1) is 0 Å². The van der Waals surface area contributed by atoms with Crippen molar-refractivity contribution in [3.63, 3.8) is 0 Å². The number of tetrazole rings is 1. The van der Waals surface area contributed by atoms with Crippen LogP contribution in [-0.4, -0.2) is 20.6 Å². The number of H-pyrrole nitrogens is 1. The van der Waals surface area contributed by atoms with Crippen LogP contribution in [0.5, 0.6) is 0 Å². The lowest BCUT2D eigenvalue weighted by Crippen LogP contribution is -2.04. The van der Waals surface area contributed by atoms with Gasteiger partial charge in [0.2, 0.25) is 0 Å². The van der Waals surface area contributed by atoms with Crippen molar-refractivity contribution in [3.05, 3.63) is 35.7 Å². The van der Waals surface area contributed by atoms with Crippen molar-refractivity contribution in [1.29, 1.82) is 0 Å². The Bertz CT molecular complexity index is 420. The molecular weight excluding hydrogens is 202 g/mol. The fraction of sp³-hybridized carbons (Fsp3) is 0.364. The van der Waals surface area contributed by atoms with Crippen LogP contribution in [-0.2, 0) is 6.42 Å². The molecule has 5 nitrogen and oxygen atoms in total. The molecule has 0 saturated carbocycles. The Morgan fingerprint density at radius 2 is 2.06 bits per heavy atom. The summed E-state index contributed by atoms with van der Waals surface area (Å²) in [4.78, 5) is 0. The standard InChI is InChI=1S/C11H15N5/c1-2-9(11-13-15-16-14-11)7-8-3-5-10(12)6-4-8/h3-6,9H,2,7,12H2,1H3,(H,13,14,15,16). The molecule has 84 valence electrons. The average molecular weight is 217 g/mol. The van der Waals surface area contributed by atoms with Crippen molar-refractivity contribution in [3.8, 4) is 0 Å². The number of nitrogens with two attached hydrogens (primary N) is 1. The van der Waals surface area contributed by atoms with Crippen LogP contribution in [0.2, 0.25) is 0 Å². The van der Waals surface area contributed by atoms with Crippen molar-refractivity contribution in [1.82, 2.24) is 20.6 Å². The average Bonchev–Trinajstić information content (AvgIpc) is 2.82. The number of aromatic amines is 1. The van der Waals surface area contributed by atoms with E-state index in [0.717, 1.165) is 24.4 Å². The quantitative estimate of drug-likeness (QED) is 0.761. The van der Waals surface area contributed by atoms with E-state index in [4.69, 9.17) is 5.73 Å². The zero-order chi connectivity index (χ0) is 11.4. The molecule has 5 heteroatoms. The largest absolute Gasteiger partial charge is 0.399 e. The zero-order valence-electron chi connectivity index (χ0n) is 9.22. The van der Waals surface area contributed by atoms with Gasteiger partial charge >= 0.3 is 0 Å². The van der Waals surface area contributed by atoms with Crippen LogP contribution in [0.4, 0.5) is 5.69 Å². The van der Waals surface area contributed by atoms with Crippen molar-refractivity contribution in [2.45, 2.75) is 25.7 Å². The second-order valence-electron chi connectivity index (χ2n) is 3.82. The molecule has 0 bridgehead atoms. The van der Waals surface area contributed by atoms with Crippen LogP contribution in [0.15, 0.2) is 24.3 Å². The van der Waals surface area contributed by atoms with Crippen LogP contribution in [0.1, 0.15) is 30.7 Å². The molecule has 0 fully saturated rings. The maximum atomic E-state index is 5.64. The Hall–Kier alpha value is -1.91. The Morgan fingerprint density at radius 3 is 2.62 bits per heavy atom. The van der Waals surface area contributed by atoms with Crippen molar-refractivity contribution in [2.75, 3.05) is 5.73 Å². The van der Waals surface area contributed by atoms with E-state index >= 15 is 0 Å². The molecule has 0 aliphatic heterocycles. The van der Waals surface area contributed by atoms with Gasteiger partial charge in [-0.2, -0.15) is 5.21 Å². The van der Waals surface area contributed by atoms with E-state index in [0.29, 0.717) is 5.92 Å². The molecule has 1 unspecified atom stereocenters. The second kappa shape index (κ2) is 4.74. The summed E-state index contributed by atoms with van der Waals surface area (Å²) in [6.45, 7) is 2.12. The lowest BCUT2D eigenvalue weighted by molar-refractivity contribution is 0.618. The minimum atomic E-state index is 0.308. The van der Waals surface area contributed by atoms with Gasteiger partial charge in [-0.25, -0.2) is 0 Å². The normalized spacial score (nSPS) is 12.6. The van der Waals surface area contributed by atoms with Gasteiger partial charge in [-0.05, 0) is 30.5 Å². The Morgan fingerprint density at radius 1 is 1.31 bits per heavy atom. The summed E-state index contributed by atoms with van der Waals surface area (Å²) in [7, 11) is 0. The Labute approximate surface area is 94.1 Å². The molecule has 16 heavy (non-hydrogen) atoms. The van der Waals surface area contributed by atoms with Gasteiger partial charge in [-0.3, -0.25) is 0 Å². The molecular formula is C11H15N5. The maximum absolute atomic E-state index is 5.64. The molecule has 0 saturated heterocycles. The molecule has 1 atom stereocenters. The smallest absolute Gasteiger partial charge is 0.177 e. The molecule has 0 aliphatic carbocycles. The van der Waals surface area contributed by atoms with E-state index in [2.05, 4.69) is 27.5 Å². The monoisotopic (exact) mass is 217 g/mol. The van der Waals surface area contributed by atoms with Crippen molar-refractivity contribution < 1.29 is 0 Å². The van der Waals surface area contributed by atoms with Gasteiger partial charge in [-0.15, -0.1) is 10.2 Å². The van der Waals surface area contributed by atoms with E-state index < -0.39 is 0 Å². The second-order valence-corrected chi connectivity index (χ2v) is 3.82. The predicted octanol–water partition coefficient (Wildman–Crippen LogP) is 1.52. The highest BCUT2D eigenvalue weighted by Crippen LogP contribution is 2.20. The number of benzene rings is 1. The molecule has 2 rings (SSSR count). The van der Waals surface area contributed by atoms with Gasteiger partial charge < -0.3 is 5.73 Å². The first-order valence-electron chi connectivity index (χ1n) is 5.37. The summed E-state index contributed by atoms with van der Waals surface area (Å²) in [5.74, 6) is 1.08. The third-order valence-corrected chi connectivity index (χ3v) is 2.68. The lowest BCUT2D eigenvalue weighted by Gasteiger charge is -2.10. The molecule has 1 aromatic heterocycles. The van der Waals surface area contributed by atoms with Crippen LogP contribution in [0.3, 0.4) is 0 Å². The number of anilines is 1. The van der Waals surface area contributed by atoms with Gasteiger partial charge in [0.25, 0.3) is 0 Å². The molecule has 0 aliphatic rings. The molecule has 3 N–H and O–H groups in total. The number of rotatable bonds is 4. The number of hydrogen-bond donors (Lipinski definition) is 2. The zero-order valence-corrected chi connectivity index (χ0v) is 9.22.